The molecule has 0 saturated heterocycles. The summed E-state index contributed by atoms with van der Waals surface area (Å²) in [6, 6.07) is 0. The Balaban J connectivity index is 1.74. The average Bonchev–Trinajstić information content (AvgIpc) is 3.18. The van der Waals surface area contributed by atoms with Gasteiger partial charge in [0.1, 0.15) is 0 Å². The van der Waals surface area contributed by atoms with E-state index in [1.807, 2.05) is 7.05 Å². The highest BCUT2D eigenvalue weighted by atomic mass is 16.5. The Bertz CT molecular complexity index is 307. The van der Waals surface area contributed by atoms with Gasteiger partial charge in [-0.15, -0.1) is 0 Å². The van der Waals surface area contributed by atoms with Crippen molar-refractivity contribution in [3.63, 3.8) is 0 Å². The van der Waals surface area contributed by atoms with Crippen LogP contribution in [0.4, 0.5) is 0 Å². The molecule has 0 aromatic carbocycles. The van der Waals surface area contributed by atoms with Gasteiger partial charge in [0, 0.05) is 33.4 Å². The topological polar surface area (TPSA) is 45.6 Å². The Morgan fingerprint density at radius 1 is 1.25 bits per heavy atom. The molecule has 0 radical (unpaired) electrons. The minimum absolute atomic E-state index is 0.423. The molecule has 0 aromatic heterocycles. The van der Waals surface area contributed by atoms with Crippen molar-refractivity contribution in [1.82, 2.24) is 10.6 Å². The fourth-order valence-corrected chi connectivity index (χ4v) is 3.13. The minimum Gasteiger partial charge on any atom is -0.382 e. The summed E-state index contributed by atoms with van der Waals surface area (Å²) in [6.07, 6.45) is 9.31. The largest absolute Gasteiger partial charge is 0.382 e. The number of hydrogen-bond donors (Lipinski definition) is 2. The van der Waals surface area contributed by atoms with Gasteiger partial charge in [-0.3, -0.25) is 4.99 Å². The van der Waals surface area contributed by atoms with E-state index in [1.54, 1.807) is 0 Å². The van der Waals surface area contributed by atoms with Crippen LogP contribution in [-0.4, -0.2) is 39.3 Å². The van der Waals surface area contributed by atoms with Crippen LogP contribution < -0.4 is 10.6 Å². The van der Waals surface area contributed by atoms with Gasteiger partial charge in [-0.2, -0.15) is 0 Å². The van der Waals surface area contributed by atoms with Crippen LogP contribution in [0, 0.1) is 11.3 Å². The van der Waals surface area contributed by atoms with Gasteiger partial charge in [0.25, 0.3) is 0 Å². The Hall–Kier alpha value is -0.770. The Morgan fingerprint density at radius 3 is 2.60 bits per heavy atom. The molecule has 4 heteroatoms. The zero-order valence-electron chi connectivity index (χ0n) is 13.2. The first-order valence-corrected chi connectivity index (χ1v) is 8.30. The predicted molar refractivity (Wildman–Crippen MR) is 84.1 cm³/mol. The van der Waals surface area contributed by atoms with E-state index in [2.05, 4.69) is 22.5 Å². The normalized spacial score (nSPS) is 22.0. The van der Waals surface area contributed by atoms with E-state index in [9.17, 15) is 0 Å². The first-order chi connectivity index (χ1) is 9.78. The summed E-state index contributed by atoms with van der Waals surface area (Å²) in [5.41, 5.74) is 0.423. The molecule has 116 valence electrons. The van der Waals surface area contributed by atoms with Crippen LogP contribution in [0.5, 0.6) is 0 Å². The fourth-order valence-electron chi connectivity index (χ4n) is 3.13. The molecule has 2 aliphatic rings. The first-order valence-electron chi connectivity index (χ1n) is 8.30. The number of nitrogens with zero attached hydrogens (tertiary/aromatic N) is 1. The molecule has 2 N–H and O–H groups in total. The van der Waals surface area contributed by atoms with E-state index in [1.165, 1.54) is 44.9 Å². The Morgan fingerprint density at radius 2 is 2.00 bits per heavy atom. The maximum absolute atomic E-state index is 5.57. The van der Waals surface area contributed by atoms with Crippen LogP contribution in [-0.2, 0) is 4.74 Å². The number of ether oxygens (including phenoxy) is 1. The lowest BCUT2D eigenvalue weighted by atomic mass is 9.83. The molecule has 2 rings (SSSR count). The van der Waals surface area contributed by atoms with Crippen LogP contribution in [0.25, 0.3) is 0 Å². The van der Waals surface area contributed by atoms with Crippen LogP contribution >= 0.6 is 0 Å². The zero-order chi connectivity index (χ0) is 14.3. The van der Waals surface area contributed by atoms with Crippen molar-refractivity contribution in [2.75, 3.05) is 33.4 Å². The van der Waals surface area contributed by atoms with Gasteiger partial charge in [0.15, 0.2) is 5.96 Å². The summed E-state index contributed by atoms with van der Waals surface area (Å²) in [4.78, 5) is 4.34. The van der Waals surface area contributed by atoms with Crippen LogP contribution in [0.15, 0.2) is 4.99 Å². The first kappa shape index (κ1) is 15.6. The third-order valence-electron chi connectivity index (χ3n) is 4.75. The third kappa shape index (κ3) is 4.97. The van der Waals surface area contributed by atoms with E-state index in [-0.39, 0.29) is 0 Å². The second-order valence-corrected chi connectivity index (χ2v) is 6.40. The van der Waals surface area contributed by atoms with E-state index in [0.29, 0.717) is 5.41 Å². The molecule has 0 aliphatic heterocycles. The molecule has 2 aliphatic carbocycles. The van der Waals surface area contributed by atoms with E-state index in [4.69, 9.17) is 4.74 Å². The maximum Gasteiger partial charge on any atom is 0.191 e. The van der Waals surface area contributed by atoms with Gasteiger partial charge in [-0.1, -0.05) is 12.8 Å². The molecule has 0 amide bonds. The van der Waals surface area contributed by atoms with Crippen molar-refractivity contribution in [3.05, 3.63) is 0 Å². The molecule has 0 aromatic rings. The number of aliphatic imine (C=N–C) groups is 1. The standard InChI is InChI=1S/C16H31N3O/c1-3-20-11-10-16(8-4-5-9-16)13-19-15(17-2)18-12-14-6-7-14/h14H,3-13H2,1-2H3,(H2,17,18,19). The third-order valence-corrected chi connectivity index (χ3v) is 4.75. The lowest BCUT2D eigenvalue weighted by Gasteiger charge is -2.30. The summed E-state index contributed by atoms with van der Waals surface area (Å²) in [6.45, 7) is 5.90. The maximum atomic E-state index is 5.57. The van der Waals surface area contributed by atoms with Gasteiger partial charge in [0.05, 0.1) is 0 Å². The monoisotopic (exact) mass is 281 g/mol. The second kappa shape index (κ2) is 7.87. The number of rotatable bonds is 8. The summed E-state index contributed by atoms with van der Waals surface area (Å²) in [5.74, 6) is 1.85. The molecule has 20 heavy (non-hydrogen) atoms. The summed E-state index contributed by atoms with van der Waals surface area (Å²) in [7, 11) is 1.86. The molecule has 2 saturated carbocycles. The molecule has 2 fully saturated rings. The smallest absolute Gasteiger partial charge is 0.191 e. The molecule has 0 heterocycles. The predicted octanol–water partition coefficient (Wildman–Crippen LogP) is 2.55. The van der Waals surface area contributed by atoms with Gasteiger partial charge in [-0.25, -0.2) is 0 Å². The number of guanidine groups is 1. The highest BCUT2D eigenvalue weighted by Gasteiger charge is 2.33. The van der Waals surface area contributed by atoms with E-state index < -0.39 is 0 Å². The van der Waals surface area contributed by atoms with Gasteiger partial charge >= 0.3 is 0 Å². The summed E-state index contributed by atoms with van der Waals surface area (Å²) in [5, 5.41) is 6.99. The Kier molecular flexibility index (Phi) is 6.14. The molecule has 4 nitrogen and oxygen atoms in total. The van der Waals surface area contributed by atoms with Crippen molar-refractivity contribution in [1.29, 1.82) is 0 Å². The van der Waals surface area contributed by atoms with Gasteiger partial charge in [-0.05, 0) is 50.4 Å². The van der Waals surface area contributed by atoms with Crippen LogP contribution in [0.2, 0.25) is 0 Å². The van der Waals surface area contributed by atoms with Crippen molar-refractivity contribution in [2.24, 2.45) is 16.3 Å². The highest BCUT2D eigenvalue weighted by molar-refractivity contribution is 5.79. The zero-order valence-corrected chi connectivity index (χ0v) is 13.2. The lowest BCUT2D eigenvalue weighted by Crippen LogP contribution is -2.44. The van der Waals surface area contributed by atoms with Crippen molar-refractivity contribution in [3.8, 4) is 0 Å². The molecule has 0 bridgehead atoms. The SMILES string of the molecule is CCOCCC1(CNC(=NC)NCC2CC2)CCCC1. The quantitative estimate of drug-likeness (QED) is 0.408. The fraction of sp³-hybridized carbons (Fsp3) is 0.938. The van der Waals surface area contributed by atoms with Crippen LogP contribution in [0.1, 0.15) is 51.9 Å². The van der Waals surface area contributed by atoms with Gasteiger partial charge in [0.2, 0.25) is 0 Å². The second-order valence-electron chi connectivity index (χ2n) is 6.40. The molecule has 0 unspecified atom stereocenters. The lowest BCUT2D eigenvalue weighted by molar-refractivity contribution is 0.105. The van der Waals surface area contributed by atoms with E-state index in [0.717, 1.165) is 38.2 Å². The summed E-state index contributed by atoms with van der Waals surface area (Å²) >= 11 is 0. The minimum atomic E-state index is 0.423. The molecule has 0 spiro atoms. The molecular formula is C16H31N3O. The highest BCUT2D eigenvalue weighted by Crippen LogP contribution is 2.40. The average molecular weight is 281 g/mol. The summed E-state index contributed by atoms with van der Waals surface area (Å²) < 4.78 is 5.57. The van der Waals surface area contributed by atoms with E-state index >= 15 is 0 Å². The van der Waals surface area contributed by atoms with Crippen molar-refractivity contribution < 1.29 is 4.74 Å². The van der Waals surface area contributed by atoms with Crippen molar-refractivity contribution >= 4 is 5.96 Å². The van der Waals surface area contributed by atoms with Crippen molar-refractivity contribution in [2.45, 2.75) is 51.9 Å². The number of nitrogens with one attached hydrogen (secondary N) is 2. The molecular weight excluding hydrogens is 250 g/mol. The Labute approximate surface area is 123 Å². The number of hydrogen-bond acceptors (Lipinski definition) is 2. The van der Waals surface area contributed by atoms with Crippen LogP contribution in [0.3, 0.4) is 0 Å². The molecule has 0 atom stereocenters. The van der Waals surface area contributed by atoms with Gasteiger partial charge < -0.3 is 15.4 Å².